The van der Waals surface area contributed by atoms with Crippen molar-refractivity contribution in [3.63, 3.8) is 0 Å². The molecule has 2 fully saturated rings. The molecule has 0 aromatic heterocycles. The zero-order valence-electron chi connectivity index (χ0n) is 6.60. The Hall–Kier alpha value is -0.0400. The third-order valence-corrected chi connectivity index (χ3v) is 3.16. The standard InChI is InChI=1S/C9H17N/c1-2-4-9-7-10-6-5-8(9)3-1/h8-10H,1-7H2/t8-,9+/m0/s1. The minimum absolute atomic E-state index is 1.04. The molecule has 2 aliphatic rings. The Labute approximate surface area is 63.2 Å². The lowest BCUT2D eigenvalue weighted by Crippen LogP contribution is -2.38. The minimum atomic E-state index is 1.04. The van der Waals surface area contributed by atoms with E-state index in [-0.39, 0.29) is 0 Å². The Morgan fingerprint density at radius 2 is 1.70 bits per heavy atom. The predicted molar refractivity (Wildman–Crippen MR) is 42.9 cm³/mol. The lowest BCUT2D eigenvalue weighted by atomic mass is 9.76. The van der Waals surface area contributed by atoms with E-state index in [1.54, 1.807) is 0 Å². The summed E-state index contributed by atoms with van der Waals surface area (Å²) >= 11 is 0. The average molecular weight is 139 g/mol. The van der Waals surface area contributed by atoms with Gasteiger partial charge in [-0.2, -0.15) is 0 Å². The largest absolute Gasteiger partial charge is 0.316 e. The van der Waals surface area contributed by atoms with Crippen LogP contribution in [0.2, 0.25) is 0 Å². The van der Waals surface area contributed by atoms with Crippen LogP contribution in [0.1, 0.15) is 32.1 Å². The van der Waals surface area contributed by atoms with E-state index in [1.165, 1.54) is 45.2 Å². The molecule has 0 bridgehead atoms. The maximum Gasteiger partial charge on any atom is -0.00179 e. The number of piperidine rings is 1. The first-order chi connectivity index (χ1) is 4.97. The number of hydrogen-bond acceptors (Lipinski definition) is 1. The molecule has 0 unspecified atom stereocenters. The first-order valence-corrected chi connectivity index (χ1v) is 4.67. The van der Waals surface area contributed by atoms with Gasteiger partial charge in [-0.1, -0.05) is 19.3 Å². The van der Waals surface area contributed by atoms with Gasteiger partial charge < -0.3 is 5.32 Å². The Balaban J connectivity index is 1.93. The molecule has 0 amide bonds. The molecule has 1 nitrogen and oxygen atoms in total. The molecule has 1 aliphatic heterocycles. The number of hydrogen-bond donors (Lipinski definition) is 1. The van der Waals surface area contributed by atoms with Gasteiger partial charge in [0.1, 0.15) is 0 Å². The molecule has 1 heteroatoms. The van der Waals surface area contributed by atoms with E-state index in [0.717, 1.165) is 11.8 Å². The summed E-state index contributed by atoms with van der Waals surface area (Å²) in [6.45, 7) is 2.59. The molecule has 58 valence electrons. The Morgan fingerprint density at radius 1 is 0.900 bits per heavy atom. The van der Waals surface area contributed by atoms with Crippen molar-refractivity contribution >= 4 is 0 Å². The Morgan fingerprint density at radius 3 is 2.50 bits per heavy atom. The van der Waals surface area contributed by atoms with Crippen LogP contribution in [0.4, 0.5) is 0 Å². The van der Waals surface area contributed by atoms with E-state index in [0.29, 0.717) is 0 Å². The lowest BCUT2D eigenvalue weighted by Gasteiger charge is -2.35. The third-order valence-electron chi connectivity index (χ3n) is 3.16. The van der Waals surface area contributed by atoms with E-state index in [1.807, 2.05) is 0 Å². The van der Waals surface area contributed by atoms with Crippen molar-refractivity contribution in [1.82, 2.24) is 5.32 Å². The van der Waals surface area contributed by atoms with Crippen LogP contribution in [-0.2, 0) is 0 Å². The molecule has 1 aliphatic carbocycles. The van der Waals surface area contributed by atoms with E-state index >= 15 is 0 Å². The highest BCUT2D eigenvalue weighted by Crippen LogP contribution is 2.33. The number of nitrogens with one attached hydrogen (secondary N) is 1. The molecule has 0 aromatic carbocycles. The fourth-order valence-corrected chi connectivity index (χ4v) is 2.51. The summed E-state index contributed by atoms with van der Waals surface area (Å²) in [5, 5.41) is 3.48. The normalized spacial score (nSPS) is 40.8. The molecule has 1 heterocycles. The lowest BCUT2D eigenvalue weighted by molar-refractivity contribution is 0.185. The summed E-state index contributed by atoms with van der Waals surface area (Å²) in [6, 6.07) is 0. The topological polar surface area (TPSA) is 12.0 Å². The Bertz CT molecular complexity index is 85.3. The summed E-state index contributed by atoms with van der Waals surface area (Å²) in [4.78, 5) is 0. The zero-order chi connectivity index (χ0) is 6.81. The second kappa shape index (κ2) is 2.91. The quantitative estimate of drug-likeness (QED) is 0.539. The molecule has 0 spiro atoms. The molecule has 0 aromatic rings. The van der Waals surface area contributed by atoms with Crippen molar-refractivity contribution in [3.8, 4) is 0 Å². The molecular weight excluding hydrogens is 122 g/mol. The molecule has 1 saturated carbocycles. The van der Waals surface area contributed by atoms with E-state index in [2.05, 4.69) is 5.32 Å². The van der Waals surface area contributed by atoms with Crippen LogP contribution in [0.15, 0.2) is 0 Å². The highest BCUT2D eigenvalue weighted by molar-refractivity contribution is 4.81. The molecule has 1 N–H and O–H groups in total. The van der Waals surface area contributed by atoms with Gasteiger partial charge in [0.25, 0.3) is 0 Å². The third kappa shape index (κ3) is 1.20. The van der Waals surface area contributed by atoms with Gasteiger partial charge in [-0.15, -0.1) is 0 Å². The van der Waals surface area contributed by atoms with Crippen LogP contribution >= 0.6 is 0 Å². The summed E-state index contributed by atoms with van der Waals surface area (Å²) < 4.78 is 0. The van der Waals surface area contributed by atoms with E-state index in [4.69, 9.17) is 0 Å². The fourth-order valence-electron chi connectivity index (χ4n) is 2.51. The van der Waals surface area contributed by atoms with Crippen molar-refractivity contribution < 1.29 is 0 Å². The fraction of sp³-hybridized carbons (Fsp3) is 1.00. The highest BCUT2D eigenvalue weighted by Gasteiger charge is 2.26. The summed E-state index contributed by atoms with van der Waals surface area (Å²) in [5.41, 5.74) is 0. The average Bonchev–Trinajstić information content (AvgIpc) is 2.05. The highest BCUT2D eigenvalue weighted by atomic mass is 14.9. The van der Waals surface area contributed by atoms with Crippen LogP contribution in [0, 0.1) is 11.8 Å². The van der Waals surface area contributed by atoms with Crippen molar-refractivity contribution in [2.75, 3.05) is 13.1 Å². The molecule has 10 heavy (non-hydrogen) atoms. The maximum absolute atomic E-state index is 3.48. The van der Waals surface area contributed by atoms with Crippen LogP contribution < -0.4 is 5.32 Å². The molecule has 1 saturated heterocycles. The van der Waals surface area contributed by atoms with Crippen molar-refractivity contribution in [2.45, 2.75) is 32.1 Å². The Kier molecular flexibility index (Phi) is 1.94. The minimum Gasteiger partial charge on any atom is -0.316 e. The van der Waals surface area contributed by atoms with Gasteiger partial charge in [0.2, 0.25) is 0 Å². The zero-order valence-corrected chi connectivity index (χ0v) is 6.60. The first-order valence-electron chi connectivity index (χ1n) is 4.67. The van der Waals surface area contributed by atoms with Gasteiger partial charge >= 0.3 is 0 Å². The van der Waals surface area contributed by atoms with Crippen molar-refractivity contribution in [2.24, 2.45) is 11.8 Å². The number of fused-ring (bicyclic) bond motifs is 1. The number of rotatable bonds is 0. The van der Waals surface area contributed by atoms with Crippen LogP contribution in [0.3, 0.4) is 0 Å². The van der Waals surface area contributed by atoms with Crippen molar-refractivity contribution in [3.05, 3.63) is 0 Å². The van der Waals surface area contributed by atoms with E-state index in [9.17, 15) is 0 Å². The van der Waals surface area contributed by atoms with Gasteiger partial charge in [-0.3, -0.25) is 0 Å². The van der Waals surface area contributed by atoms with Gasteiger partial charge in [-0.05, 0) is 37.8 Å². The van der Waals surface area contributed by atoms with Crippen molar-refractivity contribution in [1.29, 1.82) is 0 Å². The van der Waals surface area contributed by atoms with E-state index < -0.39 is 0 Å². The molecule has 2 rings (SSSR count). The van der Waals surface area contributed by atoms with Crippen LogP contribution in [0.5, 0.6) is 0 Å². The summed E-state index contributed by atoms with van der Waals surface area (Å²) in [5.74, 6) is 2.14. The van der Waals surface area contributed by atoms with Gasteiger partial charge in [0, 0.05) is 0 Å². The SMILES string of the molecule is C1CC[C@@H]2CNCC[C@@H]2C1. The van der Waals surface area contributed by atoms with Crippen LogP contribution in [0.25, 0.3) is 0 Å². The molecular formula is C9H17N. The smallest absolute Gasteiger partial charge is 0.00179 e. The second-order valence-corrected chi connectivity index (χ2v) is 3.80. The van der Waals surface area contributed by atoms with Gasteiger partial charge in [-0.25, -0.2) is 0 Å². The first kappa shape index (κ1) is 6.66. The molecule has 0 radical (unpaired) electrons. The summed E-state index contributed by atoms with van der Waals surface area (Å²) in [6.07, 6.45) is 7.46. The van der Waals surface area contributed by atoms with Gasteiger partial charge in [0.15, 0.2) is 0 Å². The second-order valence-electron chi connectivity index (χ2n) is 3.80. The summed E-state index contributed by atoms with van der Waals surface area (Å²) in [7, 11) is 0. The monoisotopic (exact) mass is 139 g/mol. The molecule has 2 atom stereocenters. The maximum atomic E-state index is 3.48. The van der Waals surface area contributed by atoms with Crippen LogP contribution in [-0.4, -0.2) is 13.1 Å². The van der Waals surface area contributed by atoms with Gasteiger partial charge in [0.05, 0.1) is 0 Å². The predicted octanol–water partition coefficient (Wildman–Crippen LogP) is 1.79.